The molecule has 1 atom stereocenters. The van der Waals surface area contributed by atoms with Crippen molar-refractivity contribution in [3.63, 3.8) is 0 Å². The first-order valence-corrected chi connectivity index (χ1v) is 6.29. The molecule has 0 heterocycles. The lowest BCUT2D eigenvalue weighted by molar-refractivity contribution is -0.119. The smallest absolute Gasteiger partial charge is 0.240 e. The molecular weight excluding hydrogens is 212 g/mol. The van der Waals surface area contributed by atoms with Gasteiger partial charge in [-0.05, 0) is 37.8 Å². The SMILES string of the molecule is Cc1ccc(NC(C(N)=O)C2CCCC2)cc1. The van der Waals surface area contributed by atoms with Crippen molar-refractivity contribution in [2.75, 3.05) is 5.32 Å². The summed E-state index contributed by atoms with van der Waals surface area (Å²) in [6.07, 6.45) is 4.63. The number of hydrogen-bond acceptors (Lipinski definition) is 2. The summed E-state index contributed by atoms with van der Waals surface area (Å²) in [7, 11) is 0. The third-order valence-corrected chi connectivity index (χ3v) is 3.55. The van der Waals surface area contributed by atoms with Crippen LogP contribution in [0.5, 0.6) is 0 Å². The molecule has 1 aliphatic rings. The number of primary amides is 1. The van der Waals surface area contributed by atoms with E-state index >= 15 is 0 Å². The number of carbonyl (C=O) groups is 1. The molecule has 2 rings (SSSR count). The molecule has 1 amide bonds. The number of nitrogens with one attached hydrogen (secondary N) is 1. The minimum absolute atomic E-state index is 0.222. The van der Waals surface area contributed by atoms with E-state index in [1.54, 1.807) is 0 Å². The molecule has 1 saturated carbocycles. The van der Waals surface area contributed by atoms with E-state index in [2.05, 4.69) is 5.32 Å². The second-order valence-corrected chi connectivity index (χ2v) is 4.93. The Balaban J connectivity index is 2.06. The highest BCUT2D eigenvalue weighted by Gasteiger charge is 2.28. The molecule has 0 bridgehead atoms. The van der Waals surface area contributed by atoms with E-state index in [1.165, 1.54) is 18.4 Å². The van der Waals surface area contributed by atoms with Crippen molar-refractivity contribution in [2.24, 2.45) is 11.7 Å². The zero-order chi connectivity index (χ0) is 12.3. The van der Waals surface area contributed by atoms with Gasteiger partial charge in [0.1, 0.15) is 6.04 Å². The highest BCUT2D eigenvalue weighted by Crippen LogP contribution is 2.29. The first kappa shape index (κ1) is 12.0. The number of nitrogens with two attached hydrogens (primary N) is 1. The molecule has 0 radical (unpaired) electrons. The van der Waals surface area contributed by atoms with Crippen molar-refractivity contribution in [3.05, 3.63) is 29.8 Å². The fourth-order valence-electron chi connectivity index (χ4n) is 2.54. The predicted molar refractivity (Wildman–Crippen MR) is 69.7 cm³/mol. The molecule has 0 aromatic heterocycles. The van der Waals surface area contributed by atoms with Crippen LogP contribution in [-0.2, 0) is 4.79 Å². The van der Waals surface area contributed by atoms with Crippen LogP contribution in [0.4, 0.5) is 5.69 Å². The van der Waals surface area contributed by atoms with Crippen LogP contribution in [0.3, 0.4) is 0 Å². The minimum atomic E-state index is -0.238. The number of aryl methyl sites for hydroxylation is 1. The zero-order valence-electron chi connectivity index (χ0n) is 10.3. The fourth-order valence-corrected chi connectivity index (χ4v) is 2.54. The van der Waals surface area contributed by atoms with Gasteiger partial charge in [0.05, 0.1) is 0 Å². The molecule has 1 aromatic rings. The Hall–Kier alpha value is -1.51. The molecule has 0 aliphatic heterocycles. The van der Waals surface area contributed by atoms with Crippen LogP contribution in [0.25, 0.3) is 0 Å². The Morgan fingerprint density at radius 2 is 1.88 bits per heavy atom. The van der Waals surface area contributed by atoms with E-state index in [0.29, 0.717) is 5.92 Å². The lowest BCUT2D eigenvalue weighted by Crippen LogP contribution is -2.40. The van der Waals surface area contributed by atoms with Crippen molar-refractivity contribution >= 4 is 11.6 Å². The fraction of sp³-hybridized carbons (Fsp3) is 0.500. The molecular formula is C14H20N2O. The Morgan fingerprint density at radius 1 is 1.29 bits per heavy atom. The molecule has 17 heavy (non-hydrogen) atoms. The van der Waals surface area contributed by atoms with Gasteiger partial charge in [0.15, 0.2) is 0 Å². The Kier molecular flexibility index (Phi) is 3.67. The van der Waals surface area contributed by atoms with Gasteiger partial charge in [-0.15, -0.1) is 0 Å². The maximum Gasteiger partial charge on any atom is 0.240 e. The quantitative estimate of drug-likeness (QED) is 0.837. The molecule has 3 N–H and O–H groups in total. The number of amides is 1. The van der Waals surface area contributed by atoms with Crippen LogP contribution in [0.1, 0.15) is 31.2 Å². The average Bonchev–Trinajstić information content (AvgIpc) is 2.81. The first-order valence-electron chi connectivity index (χ1n) is 6.29. The van der Waals surface area contributed by atoms with Crippen LogP contribution in [0.15, 0.2) is 24.3 Å². The van der Waals surface area contributed by atoms with E-state index < -0.39 is 0 Å². The van der Waals surface area contributed by atoms with Crippen molar-refractivity contribution in [2.45, 2.75) is 38.6 Å². The van der Waals surface area contributed by atoms with Gasteiger partial charge in [-0.1, -0.05) is 30.5 Å². The summed E-state index contributed by atoms with van der Waals surface area (Å²) in [6, 6.07) is 7.85. The zero-order valence-corrected chi connectivity index (χ0v) is 10.3. The van der Waals surface area contributed by atoms with E-state index in [1.807, 2.05) is 31.2 Å². The molecule has 1 aliphatic carbocycles. The standard InChI is InChI=1S/C14H20N2O/c1-10-6-8-12(9-7-10)16-13(14(15)17)11-4-2-3-5-11/h6-9,11,13,16H,2-5H2,1H3,(H2,15,17). The highest BCUT2D eigenvalue weighted by molar-refractivity contribution is 5.83. The topological polar surface area (TPSA) is 55.1 Å². The second kappa shape index (κ2) is 5.21. The number of hydrogen-bond donors (Lipinski definition) is 2. The number of anilines is 1. The van der Waals surface area contributed by atoms with Crippen molar-refractivity contribution in [3.8, 4) is 0 Å². The monoisotopic (exact) mass is 232 g/mol. The molecule has 3 heteroatoms. The highest BCUT2D eigenvalue weighted by atomic mass is 16.1. The number of benzene rings is 1. The van der Waals surface area contributed by atoms with Crippen molar-refractivity contribution in [1.29, 1.82) is 0 Å². The minimum Gasteiger partial charge on any atom is -0.373 e. The van der Waals surface area contributed by atoms with Crippen molar-refractivity contribution < 1.29 is 4.79 Å². The lowest BCUT2D eigenvalue weighted by Gasteiger charge is -2.22. The summed E-state index contributed by atoms with van der Waals surface area (Å²) in [5.41, 5.74) is 7.69. The Bertz CT molecular complexity index is 380. The van der Waals surface area contributed by atoms with Crippen LogP contribution < -0.4 is 11.1 Å². The van der Waals surface area contributed by atoms with Gasteiger partial charge in [-0.3, -0.25) is 4.79 Å². The molecule has 1 fully saturated rings. The van der Waals surface area contributed by atoms with Crippen LogP contribution in [0.2, 0.25) is 0 Å². The molecule has 0 spiro atoms. The van der Waals surface area contributed by atoms with Gasteiger partial charge >= 0.3 is 0 Å². The summed E-state index contributed by atoms with van der Waals surface area (Å²) in [5.74, 6) is 0.159. The Labute approximate surface area is 102 Å². The number of rotatable bonds is 4. The molecule has 92 valence electrons. The maximum absolute atomic E-state index is 11.5. The molecule has 3 nitrogen and oxygen atoms in total. The molecule has 0 saturated heterocycles. The van der Waals surface area contributed by atoms with Crippen LogP contribution in [0, 0.1) is 12.8 Å². The summed E-state index contributed by atoms with van der Waals surface area (Å²) >= 11 is 0. The summed E-state index contributed by atoms with van der Waals surface area (Å²) in [5, 5.41) is 3.27. The second-order valence-electron chi connectivity index (χ2n) is 4.93. The largest absolute Gasteiger partial charge is 0.373 e. The lowest BCUT2D eigenvalue weighted by atomic mass is 9.97. The Morgan fingerprint density at radius 3 is 2.41 bits per heavy atom. The van der Waals surface area contributed by atoms with Gasteiger partial charge in [0.25, 0.3) is 0 Å². The van der Waals surface area contributed by atoms with E-state index in [4.69, 9.17) is 5.73 Å². The molecule has 1 unspecified atom stereocenters. The first-order chi connectivity index (χ1) is 8.16. The van der Waals surface area contributed by atoms with Gasteiger partial charge < -0.3 is 11.1 Å². The summed E-state index contributed by atoms with van der Waals surface area (Å²) in [6.45, 7) is 2.05. The molecule has 1 aromatic carbocycles. The number of carbonyl (C=O) groups excluding carboxylic acids is 1. The average molecular weight is 232 g/mol. The van der Waals surface area contributed by atoms with Crippen molar-refractivity contribution in [1.82, 2.24) is 0 Å². The van der Waals surface area contributed by atoms with Crippen LogP contribution in [-0.4, -0.2) is 11.9 Å². The third-order valence-electron chi connectivity index (χ3n) is 3.55. The summed E-state index contributed by atoms with van der Waals surface area (Å²) < 4.78 is 0. The predicted octanol–water partition coefficient (Wildman–Crippen LogP) is 2.45. The summed E-state index contributed by atoms with van der Waals surface area (Å²) in [4.78, 5) is 11.5. The van der Waals surface area contributed by atoms with Gasteiger partial charge in [-0.2, -0.15) is 0 Å². The van der Waals surface area contributed by atoms with E-state index in [-0.39, 0.29) is 11.9 Å². The third kappa shape index (κ3) is 2.99. The van der Waals surface area contributed by atoms with E-state index in [0.717, 1.165) is 18.5 Å². The van der Waals surface area contributed by atoms with E-state index in [9.17, 15) is 4.79 Å². The maximum atomic E-state index is 11.5. The van der Waals surface area contributed by atoms with Gasteiger partial charge in [-0.25, -0.2) is 0 Å². The van der Waals surface area contributed by atoms with Gasteiger partial charge in [0.2, 0.25) is 5.91 Å². The normalized spacial score (nSPS) is 17.9. The van der Waals surface area contributed by atoms with Gasteiger partial charge in [0, 0.05) is 5.69 Å². The van der Waals surface area contributed by atoms with Crippen LogP contribution >= 0.6 is 0 Å².